The highest BCUT2D eigenvalue weighted by atomic mass is 79.9. The number of aryl methyl sites for hydroxylation is 1. The molecule has 0 fully saturated rings. The van der Waals surface area contributed by atoms with Crippen LogP contribution in [0.3, 0.4) is 0 Å². The Morgan fingerprint density at radius 1 is 1.62 bits per heavy atom. The first-order valence-corrected chi connectivity index (χ1v) is 5.51. The van der Waals surface area contributed by atoms with Crippen LogP contribution in [0.2, 0.25) is 0 Å². The maximum absolute atomic E-state index is 10.6. The van der Waals surface area contributed by atoms with Gasteiger partial charge >= 0.3 is 5.97 Å². The van der Waals surface area contributed by atoms with Crippen LogP contribution in [0.25, 0.3) is 0 Å². The number of amides is 1. The van der Waals surface area contributed by atoms with Crippen LogP contribution < -0.4 is 5.32 Å². The summed E-state index contributed by atoms with van der Waals surface area (Å²) in [7, 11) is 0. The van der Waals surface area contributed by atoms with Gasteiger partial charge in [0.05, 0.1) is 12.5 Å². The molecular weight excluding hydrogens is 274 g/mol. The van der Waals surface area contributed by atoms with Gasteiger partial charge in [-0.05, 0) is 24.1 Å². The molecule has 5 heteroatoms. The fourth-order valence-corrected chi connectivity index (χ4v) is 1.75. The fourth-order valence-electron chi connectivity index (χ4n) is 1.36. The first-order chi connectivity index (χ1) is 7.54. The first-order valence-electron chi connectivity index (χ1n) is 4.72. The van der Waals surface area contributed by atoms with Crippen molar-refractivity contribution in [2.24, 2.45) is 0 Å². The predicted octanol–water partition coefficient (Wildman–Crippen LogP) is 2.02. The van der Waals surface area contributed by atoms with Crippen LogP contribution >= 0.6 is 15.9 Å². The van der Waals surface area contributed by atoms with Crippen molar-refractivity contribution in [1.29, 1.82) is 0 Å². The number of carbonyl (C=O) groups is 2. The normalized spacial score (nSPS) is 11.9. The van der Waals surface area contributed by atoms with Crippen LogP contribution in [0, 0.1) is 6.92 Å². The Kier molecular flexibility index (Phi) is 4.49. The molecular formula is C11H12BrNO3. The van der Waals surface area contributed by atoms with Crippen molar-refractivity contribution in [2.45, 2.75) is 19.4 Å². The van der Waals surface area contributed by atoms with Gasteiger partial charge in [-0.25, -0.2) is 0 Å². The van der Waals surface area contributed by atoms with Crippen molar-refractivity contribution in [1.82, 2.24) is 5.32 Å². The summed E-state index contributed by atoms with van der Waals surface area (Å²) in [5, 5.41) is 11.2. The Morgan fingerprint density at radius 3 is 2.81 bits per heavy atom. The Labute approximate surface area is 102 Å². The maximum atomic E-state index is 10.6. The third-order valence-electron chi connectivity index (χ3n) is 2.25. The quantitative estimate of drug-likeness (QED) is 0.814. The van der Waals surface area contributed by atoms with E-state index in [1.165, 1.54) is 0 Å². The highest BCUT2D eigenvalue weighted by Gasteiger charge is 2.15. The van der Waals surface area contributed by atoms with Gasteiger partial charge in [0.2, 0.25) is 6.41 Å². The predicted molar refractivity (Wildman–Crippen MR) is 63.1 cm³/mol. The lowest BCUT2D eigenvalue weighted by Crippen LogP contribution is -2.22. The molecule has 0 aliphatic heterocycles. The molecule has 0 aromatic heterocycles. The second-order valence-electron chi connectivity index (χ2n) is 3.44. The zero-order chi connectivity index (χ0) is 12.1. The molecule has 0 radical (unpaired) electrons. The third-order valence-corrected chi connectivity index (χ3v) is 3.10. The minimum Gasteiger partial charge on any atom is -0.481 e. The van der Waals surface area contributed by atoms with Crippen molar-refractivity contribution in [2.75, 3.05) is 0 Å². The smallest absolute Gasteiger partial charge is 0.305 e. The highest BCUT2D eigenvalue weighted by molar-refractivity contribution is 9.10. The molecule has 2 N–H and O–H groups in total. The summed E-state index contributed by atoms with van der Waals surface area (Å²) >= 11 is 3.37. The van der Waals surface area contributed by atoms with Crippen molar-refractivity contribution in [3.05, 3.63) is 33.8 Å². The van der Waals surface area contributed by atoms with Crippen LogP contribution in [0.4, 0.5) is 0 Å². The van der Waals surface area contributed by atoms with Gasteiger partial charge in [-0.1, -0.05) is 28.1 Å². The molecule has 0 bridgehead atoms. The Balaban J connectivity index is 2.95. The average molecular weight is 286 g/mol. The van der Waals surface area contributed by atoms with Gasteiger partial charge in [-0.15, -0.1) is 0 Å². The summed E-state index contributed by atoms with van der Waals surface area (Å²) in [6, 6.07) is 5.01. The summed E-state index contributed by atoms with van der Waals surface area (Å²) in [5.74, 6) is -0.948. The summed E-state index contributed by atoms with van der Waals surface area (Å²) in [6.07, 6.45) is 0.385. The van der Waals surface area contributed by atoms with E-state index in [9.17, 15) is 9.59 Å². The van der Waals surface area contributed by atoms with E-state index in [4.69, 9.17) is 5.11 Å². The SMILES string of the molecule is Cc1ccc([C@H](CC(=O)O)NC=O)cc1Br. The summed E-state index contributed by atoms with van der Waals surface area (Å²) in [5.41, 5.74) is 1.83. The number of carbonyl (C=O) groups excluding carboxylic acids is 1. The Morgan fingerprint density at radius 2 is 2.31 bits per heavy atom. The second kappa shape index (κ2) is 5.65. The number of carboxylic acids is 1. The van der Waals surface area contributed by atoms with Crippen LogP contribution in [0.5, 0.6) is 0 Å². The van der Waals surface area contributed by atoms with E-state index in [0.29, 0.717) is 6.41 Å². The number of aliphatic carboxylic acids is 1. The van der Waals surface area contributed by atoms with Gasteiger partial charge in [-0.2, -0.15) is 0 Å². The highest BCUT2D eigenvalue weighted by Crippen LogP contribution is 2.23. The molecule has 0 aliphatic rings. The molecule has 1 amide bonds. The average Bonchev–Trinajstić information content (AvgIpc) is 2.21. The molecule has 1 atom stereocenters. The number of nitrogens with one attached hydrogen (secondary N) is 1. The van der Waals surface area contributed by atoms with Gasteiger partial charge in [0.15, 0.2) is 0 Å². The number of rotatable bonds is 5. The molecule has 1 aromatic rings. The molecule has 16 heavy (non-hydrogen) atoms. The number of hydrogen-bond donors (Lipinski definition) is 2. The minimum atomic E-state index is -0.948. The third kappa shape index (κ3) is 3.34. The van der Waals surface area contributed by atoms with Crippen molar-refractivity contribution in [3.63, 3.8) is 0 Å². The van der Waals surface area contributed by atoms with Gasteiger partial charge in [-0.3, -0.25) is 9.59 Å². The lowest BCUT2D eigenvalue weighted by Gasteiger charge is -2.15. The number of carboxylic acid groups (broad SMARTS) is 1. The van der Waals surface area contributed by atoms with E-state index in [2.05, 4.69) is 21.2 Å². The molecule has 0 saturated heterocycles. The largest absolute Gasteiger partial charge is 0.481 e. The lowest BCUT2D eigenvalue weighted by atomic mass is 10.0. The first kappa shape index (κ1) is 12.7. The van der Waals surface area contributed by atoms with E-state index >= 15 is 0 Å². The van der Waals surface area contributed by atoms with Gasteiger partial charge < -0.3 is 10.4 Å². The summed E-state index contributed by atoms with van der Waals surface area (Å²) < 4.78 is 0.896. The Bertz CT molecular complexity index is 406. The molecule has 1 aromatic carbocycles. The van der Waals surface area contributed by atoms with Crippen LogP contribution in [-0.2, 0) is 9.59 Å². The number of benzene rings is 1. The fraction of sp³-hybridized carbons (Fsp3) is 0.273. The van der Waals surface area contributed by atoms with E-state index < -0.39 is 12.0 Å². The molecule has 0 aliphatic carbocycles. The molecule has 86 valence electrons. The van der Waals surface area contributed by atoms with Crippen LogP contribution in [0.15, 0.2) is 22.7 Å². The Hall–Kier alpha value is -1.36. The van der Waals surface area contributed by atoms with Gasteiger partial charge in [0, 0.05) is 4.47 Å². The second-order valence-corrected chi connectivity index (χ2v) is 4.30. The topological polar surface area (TPSA) is 66.4 Å². The van der Waals surface area contributed by atoms with Crippen LogP contribution in [-0.4, -0.2) is 17.5 Å². The molecule has 4 nitrogen and oxygen atoms in total. The molecule has 1 rings (SSSR count). The van der Waals surface area contributed by atoms with Crippen molar-refractivity contribution >= 4 is 28.3 Å². The monoisotopic (exact) mass is 285 g/mol. The summed E-state index contributed by atoms with van der Waals surface area (Å²) in [4.78, 5) is 21.0. The maximum Gasteiger partial charge on any atom is 0.305 e. The van der Waals surface area contributed by atoms with E-state index in [1.54, 1.807) is 0 Å². The van der Waals surface area contributed by atoms with E-state index in [0.717, 1.165) is 15.6 Å². The van der Waals surface area contributed by atoms with E-state index in [1.807, 2.05) is 25.1 Å². The van der Waals surface area contributed by atoms with Gasteiger partial charge in [0.1, 0.15) is 0 Å². The zero-order valence-electron chi connectivity index (χ0n) is 8.74. The van der Waals surface area contributed by atoms with E-state index in [-0.39, 0.29) is 6.42 Å². The molecule has 0 unspecified atom stereocenters. The number of hydrogen-bond acceptors (Lipinski definition) is 2. The van der Waals surface area contributed by atoms with Crippen molar-refractivity contribution in [3.8, 4) is 0 Å². The minimum absolute atomic E-state index is 0.131. The zero-order valence-corrected chi connectivity index (χ0v) is 10.3. The van der Waals surface area contributed by atoms with Gasteiger partial charge in [0.25, 0.3) is 0 Å². The standard InChI is InChI=1S/C11H12BrNO3/c1-7-2-3-8(4-9(7)12)10(13-6-14)5-11(15)16/h2-4,6,10H,5H2,1H3,(H,13,14)(H,15,16)/t10-/m0/s1. The molecule has 0 spiro atoms. The number of halogens is 1. The molecule has 0 heterocycles. The lowest BCUT2D eigenvalue weighted by molar-refractivity contribution is -0.137. The molecule has 0 saturated carbocycles. The van der Waals surface area contributed by atoms with Crippen LogP contribution in [0.1, 0.15) is 23.6 Å². The van der Waals surface area contributed by atoms with Crippen molar-refractivity contribution < 1.29 is 14.7 Å². The summed E-state index contributed by atoms with van der Waals surface area (Å²) in [6.45, 7) is 1.94.